The number of benzene rings is 1. The van der Waals surface area contributed by atoms with Gasteiger partial charge in [-0.1, -0.05) is 36.3 Å². The highest BCUT2D eigenvalue weighted by atomic mass is 32.2. The molecular weight excluding hydrogens is 326 g/mol. The summed E-state index contributed by atoms with van der Waals surface area (Å²) in [6.07, 6.45) is 0.978. The number of likely N-dealkylation sites (N-methyl/N-ethyl adjacent to an activating group) is 1. The standard InChI is InChI=1S/C17H25N3O3S/c1-6-14-7-9-15(10-8-14)16(20(4)5)11-18-24(21,22)17-12(2)19-23-13(17)3/h7-10,16,18H,6,11H2,1-5H3/t16-/m1/s1. The molecule has 0 amide bonds. The Balaban J connectivity index is 2.19. The lowest BCUT2D eigenvalue weighted by Crippen LogP contribution is -2.34. The highest BCUT2D eigenvalue weighted by Crippen LogP contribution is 2.22. The Hall–Kier alpha value is -1.70. The van der Waals surface area contributed by atoms with Crippen LogP contribution >= 0.6 is 0 Å². The van der Waals surface area contributed by atoms with Gasteiger partial charge in [0.15, 0.2) is 5.76 Å². The molecule has 0 unspecified atom stereocenters. The van der Waals surface area contributed by atoms with Gasteiger partial charge in [-0.25, -0.2) is 13.1 Å². The zero-order valence-corrected chi connectivity index (χ0v) is 15.6. The number of aryl methyl sites for hydroxylation is 3. The number of hydrogen-bond donors (Lipinski definition) is 1. The van der Waals surface area contributed by atoms with E-state index in [9.17, 15) is 8.42 Å². The fourth-order valence-electron chi connectivity index (χ4n) is 2.69. The quantitative estimate of drug-likeness (QED) is 0.829. The Morgan fingerprint density at radius 3 is 2.29 bits per heavy atom. The Labute approximate surface area is 143 Å². The van der Waals surface area contributed by atoms with E-state index in [4.69, 9.17) is 4.52 Å². The highest BCUT2D eigenvalue weighted by molar-refractivity contribution is 7.89. The summed E-state index contributed by atoms with van der Waals surface area (Å²) >= 11 is 0. The van der Waals surface area contributed by atoms with E-state index in [-0.39, 0.29) is 17.5 Å². The van der Waals surface area contributed by atoms with Crippen LogP contribution in [0.3, 0.4) is 0 Å². The zero-order valence-electron chi connectivity index (χ0n) is 14.8. The summed E-state index contributed by atoms with van der Waals surface area (Å²) in [4.78, 5) is 2.12. The summed E-state index contributed by atoms with van der Waals surface area (Å²) in [6.45, 7) is 5.60. The third kappa shape index (κ3) is 4.03. The first-order valence-electron chi connectivity index (χ1n) is 7.94. The van der Waals surface area contributed by atoms with Crippen molar-refractivity contribution in [3.8, 4) is 0 Å². The van der Waals surface area contributed by atoms with Gasteiger partial charge in [0.05, 0.1) is 0 Å². The van der Waals surface area contributed by atoms with Crippen LogP contribution in [0.15, 0.2) is 33.7 Å². The van der Waals surface area contributed by atoms with Gasteiger partial charge >= 0.3 is 0 Å². The van der Waals surface area contributed by atoms with Gasteiger partial charge in [0.25, 0.3) is 0 Å². The molecule has 1 aromatic heterocycles. The van der Waals surface area contributed by atoms with Crippen LogP contribution in [-0.2, 0) is 16.4 Å². The maximum atomic E-state index is 12.6. The molecule has 0 saturated heterocycles. The summed E-state index contributed by atoms with van der Waals surface area (Å²) in [5.41, 5.74) is 2.69. The van der Waals surface area contributed by atoms with E-state index in [0.717, 1.165) is 12.0 Å². The number of nitrogens with zero attached hydrogens (tertiary/aromatic N) is 2. The molecule has 132 valence electrons. The van der Waals surface area contributed by atoms with E-state index < -0.39 is 10.0 Å². The Morgan fingerprint density at radius 2 is 1.83 bits per heavy atom. The predicted octanol–water partition coefficient (Wildman–Crippen LogP) is 2.44. The molecule has 24 heavy (non-hydrogen) atoms. The van der Waals surface area contributed by atoms with Crippen molar-refractivity contribution in [2.24, 2.45) is 0 Å². The van der Waals surface area contributed by atoms with Crippen molar-refractivity contribution >= 4 is 10.0 Å². The smallest absolute Gasteiger partial charge is 0.246 e. The van der Waals surface area contributed by atoms with Crippen LogP contribution in [0.25, 0.3) is 0 Å². The van der Waals surface area contributed by atoms with Gasteiger partial charge in [0.2, 0.25) is 10.0 Å². The van der Waals surface area contributed by atoms with Crippen LogP contribution in [0, 0.1) is 13.8 Å². The lowest BCUT2D eigenvalue weighted by molar-refractivity contribution is 0.299. The summed E-state index contributed by atoms with van der Waals surface area (Å²) in [5, 5.41) is 3.72. The van der Waals surface area contributed by atoms with Crippen molar-refractivity contribution < 1.29 is 12.9 Å². The lowest BCUT2D eigenvalue weighted by Gasteiger charge is -2.25. The highest BCUT2D eigenvalue weighted by Gasteiger charge is 2.25. The molecule has 7 heteroatoms. The van der Waals surface area contributed by atoms with Crippen LogP contribution in [0.1, 0.15) is 35.5 Å². The van der Waals surface area contributed by atoms with Gasteiger partial charge in [-0.2, -0.15) is 0 Å². The second kappa shape index (κ2) is 7.46. The summed E-state index contributed by atoms with van der Waals surface area (Å²) in [7, 11) is 0.206. The molecule has 0 fully saturated rings. The molecule has 0 aliphatic rings. The fourth-order valence-corrected chi connectivity index (χ4v) is 4.06. The van der Waals surface area contributed by atoms with Crippen LogP contribution < -0.4 is 4.72 Å². The zero-order chi connectivity index (χ0) is 17.9. The molecule has 2 rings (SSSR count). The molecule has 1 N–H and O–H groups in total. The van der Waals surface area contributed by atoms with Crippen molar-refractivity contribution in [3.63, 3.8) is 0 Å². The van der Waals surface area contributed by atoms with Crippen molar-refractivity contribution in [2.75, 3.05) is 20.6 Å². The molecule has 6 nitrogen and oxygen atoms in total. The SMILES string of the molecule is CCc1ccc([C@@H](CNS(=O)(=O)c2c(C)noc2C)N(C)C)cc1. The molecule has 0 aliphatic carbocycles. The van der Waals surface area contributed by atoms with Crippen LogP contribution in [-0.4, -0.2) is 39.1 Å². The Bertz CT molecular complexity index is 760. The second-order valence-electron chi connectivity index (χ2n) is 6.08. The van der Waals surface area contributed by atoms with Crippen LogP contribution in [0.4, 0.5) is 0 Å². The van der Waals surface area contributed by atoms with Gasteiger partial charge in [-0.15, -0.1) is 0 Å². The minimum atomic E-state index is -3.66. The van der Waals surface area contributed by atoms with E-state index in [1.807, 2.05) is 31.1 Å². The van der Waals surface area contributed by atoms with Gasteiger partial charge in [0.1, 0.15) is 10.6 Å². The second-order valence-corrected chi connectivity index (χ2v) is 7.78. The summed E-state index contributed by atoms with van der Waals surface area (Å²) in [5.74, 6) is 0.300. The first-order valence-corrected chi connectivity index (χ1v) is 9.42. The number of nitrogens with one attached hydrogen (secondary N) is 1. The molecule has 1 heterocycles. The van der Waals surface area contributed by atoms with Gasteiger partial charge in [0, 0.05) is 12.6 Å². The van der Waals surface area contributed by atoms with Gasteiger partial charge in [-0.05, 0) is 45.5 Å². The molecule has 2 aromatic rings. The third-order valence-electron chi connectivity index (χ3n) is 4.10. The van der Waals surface area contributed by atoms with E-state index >= 15 is 0 Å². The van der Waals surface area contributed by atoms with E-state index in [1.165, 1.54) is 5.56 Å². The maximum absolute atomic E-state index is 12.6. The van der Waals surface area contributed by atoms with Gasteiger partial charge < -0.3 is 9.42 Å². The monoisotopic (exact) mass is 351 g/mol. The van der Waals surface area contributed by atoms with Crippen LogP contribution in [0.2, 0.25) is 0 Å². The van der Waals surface area contributed by atoms with E-state index in [1.54, 1.807) is 13.8 Å². The molecule has 1 aromatic carbocycles. The van der Waals surface area contributed by atoms with Crippen LogP contribution in [0.5, 0.6) is 0 Å². The molecule has 0 aliphatic heterocycles. The molecule has 0 bridgehead atoms. The lowest BCUT2D eigenvalue weighted by atomic mass is 10.0. The molecule has 0 radical (unpaired) electrons. The minimum Gasteiger partial charge on any atom is -0.360 e. The van der Waals surface area contributed by atoms with E-state index in [2.05, 4.69) is 28.9 Å². The van der Waals surface area contributed by atoms with Gasteiger partial charge in [-0.3, -0.25) is 0 Å². The fraction of sp³-hybridized carbons (Fsp3) is 0.471. The topological polar surface area (TPSA) is 75.4 Å². The average Bonchev–Trinajstić information content (AvgIpc) is 2.87. The molecule has 1 atom stereocenters. The Morgan fingerprint density at radius 1 is 1.21 bits per heavy atom. The number of aromatic nitrogens is 1. The number of sulfonamides is 1. The average molecular weight is 351 g/mol. The number of hydrogen-bond acceptors (Lipinski definition) is 5. The largest absolute Gasteiger partial charge is 0.360 e. The van der Waals surface area contributed by atoms with Crippen molar-refractivity contribution in [2.45, 2.75) is 38.1 Å². The van der Waals surface area contributed by atoms with Crippen molar-refractivity contribution in [3.05, 3.63) is 46.8 Å². The van der Waals surface area contributed by atoms with Crippen molar-refractivity contribution in [1.29, 1.82) is 0 Å². The first-order chi connectivity index (χ1) is 11.3. The summed E-state index contributed by atoms with van der Waals surface area (Å²) in [6, 6.07) is 8.19. The van der Waals surface area contributed by atoms with Crippen molar-refractivity contribution in [1.82, 2.24) is 14.8 Å². The first kappa shape index (κ1) is 18.6. The Kier molecular flexibility index (Phi) is 5.79. The van der Waals surface area contributed by atoms with E-state index in [0.29, 0.717) is 11.5 Å². The minimum absolute atomic E-state index is 0.0637. The predicted molar refractivity (Wildman–Crippen MR) is 93.4 cm³/mol. The third-order valence-corrected chi connectivity index (χ3v) is 5.77. The molecule has 0 spiro atoms. The summed E-state index contributed by atoms with van der Waals surface area (Å²) < 4.78 is 32.8. The maximum Gasteiger partial charge on any atom is 0.246 e. The molecule has 0 saturated carbocycles. The number of rotatable bonds is 7. The molecular formula is C17H25N3O3S. The normalized spacial score (nSPS) is 13.4.